The van der Waals surface area contributed by atoms with E-state index in [0.717, 1.165) is 18.0 Å². The van der Waals surface area contributed by atoms with Crippen molar-refractivity contribution in [3.63, 3.8) is 0 Å². The van der Waals surface area contributed by atoms with Gasteiger partial charge in [-0.3, -0.25) is 4.90 Å². The molecule has 0 amide bonds. The molecule has 1 unspecified atom stereocenters. The topological polar surface area (TPSA) is 9.72 Å². The van der Waals surface area contributed by atoms with Gasteiger partial charge in [-0.25, -0.2) is 0 Å². The summed E-state index contributed by atoms with van der Waals surface area (Å²) in [6.07, 6.45) is 5.55. The quantitative estimate of drug-likeness (QED) is 0.746. The Morgan fingerprint density at radius 3 is 2.29 bits per heavy atom. The van der Waals surface area contributed by atoms with Gasteiger partial charge in [-0.1, -0.05) is 6.92 Å². The number of piperidine rings is 1. The standard InChI is InChI=1S/C18H37N3/c1-5-9-21-14-13-19(15-17(21)4)10-6-18-7-11-20(12-8-18)16(2)3/h16-18H,5-15H2,1-4H3. The lowest BCUT2D eigenvalue weighted by Crippen LogP contribution is -2.52. The van der Waals surface area contributed by atoms with Crippen LogP contribution >= 0.6 is 0 Å². The van der Waals surface area contributed by atoms with E-state index >= 15 is 0 Å². The van der Waals surface area contributed by atoms with Gasteiger partial charge < -0.3 is 9.80 Å². The second-order valence-electron chi connectivity index (χ2n) is 7.55. The van der Waals surface area contributed by atoms with Gasteiger partial charge in [-0.05, 0) is 78.6 Å². The highest BCUT2D eigenvalue weighted by Crippen LogP contribution is 2.22. The van der Waals surface area contributed by atoms with Gasteiger partial charge >= 0.3 is 0 Å². The summed E-state index contributed by atoms with van der Waals surface area (Å²) in [5, 5.41) is 0. The van der Waals surface area contributed by atoms with E-state index in [4.69, 9.17) is 0 Å². The minimum absolute atomic E-state index is 0.735. The Morgan fingerprint density at radius 1 is 1.00 bits per heavy atom. The molecule has 0 aromatic carbocycles. The Hall–Kier alpha value is -0.120. The maximum Gasteiger partial charge on any atom is 0.0195 e. The molecule has 0 radical (unpaired) electrons. The number of nitrogens with zero attached hydrogens (tertiary/aromatic N) is 3. The lowest BCUT2D eigenvalue weighted by Gasteiger charge is -2.41. The van der Waals surface area contributed by atoms with Crippen LogP contribution in [0, 0.1) is 5.92 Å². The van der Waals surface area contributed by atoms with Crippen molar-refractivity contribution in [2.45, 2.75) is 65.5 Å². The first-order valence-electron chi connectivity index (χ1n) is 9.30. The molecule has 0 spiro atoms. The Bertz CT molecular complexity index is 284. The van der Waals surface area contributed by atoms with E-state index in [1.54, 1.807) is 0 Å². The summed E-state index contributed by atoms with van der Waals surface area (Å²) in [4.78, 5) is 8.02. The molecule has 0 saturated carbocycles. The molecular weight excluding hydrogens is 258 g/mol. The van der Waals surface area contributed by atoms with Crippen LogP contribution in [0.1, 0.15) is 53.4 Å². The van der Waals surface area contributed by atoms with Crippen molar-refractivity contribution in [3.8, 4) is 0 Å². The summed E-state index contributed by atoms with van der Waals surface area (Å²) in [5.74, 6) is 0.976. The Kier molecular flexibility index (Phi) is 6.97. The van der Waals surface area contributed by atoms with Crippen molar-refractivity contribution in [1.82, 2.24) is 14.7 Å². The molecule has 2 fully saturated rings. The highest BCUT2D eigenvalue weighted by molar-refractivity contribution is 4.80. The highest BCUT2D eigenvalue weighted by atomic mass is 15.3. The summed E-state index contributed by atoms with van der Waals surface area (Å²) in [6.45, 7) is 18.5. The summed E-state index contributed by atoms with van der Waals surface area (Å²) in [5.41, 5.74) is 0. The molecule has 0 N–H and O–H groups in total. The minimum atomic E-state index is 0.735. The van der Waals surface area contributed by atoms with Crippen molar-refractivity contribution in [3.05, 3.63) is 0 Å². The molecule has 2 heterocycles. The van der Waals surface area contributed by atoms with Crippen LogP contribution in [0.2, 0.25) is 0 Å². The molecule has 21 heavy (non-hydrogen) atoms. The van der Waals surface area contributed by atoms with Gasteiger partial charge in [-0.15, -0.1) is 0 Å². The van der Waals surface area contributed by atoms with Gasteiger partial charge in [0, 0.05) is 31.7 Å². The Balaban J connectivity index is 1.64. The predicted octanol–water partition coefficient (Wildman–Crippen LogP) is 2.91. The fraction of sp³-hybridized carbons (Fsp3) is 1.00. The van der Waals surface area contributed by atoms with Gasteiger partial charge in [0.1, 0.15) is 0 Å². The van der Waals surface area contributed by atoms with E-state index < -0.39 is 0 Å². The molecule has 2 aliphatic heterocycles. The second kappa shape index (κ2) is 8.50. The first-order valence-corrected chi connectivity index (χ1v) is 9.30. The van der Waals surface area contributed by atoms with Crippen LogP contribution in [-0.2, 0) is 0 Å². The van der Waals surface area contributed by atoms with Crippen molar-refractivity contribution >= 4 is 0 Å². The van der Waals surface area contributed by atoms with Crippen molar-refractivity contribution in [2.24, 2.45) is 5.92 Å². The second-order valence-corrected chi connectivity index (χ2v) is 7.55. The molecule has 1 atom stereocenters. The van der Waals surface area contributed by atoms with Crippen LogP contribution < -0.4 is 0 Å². The monoisotopic (exact) mass is 295 g/mol. The molecular formula is C18H37N3. The fourth-order valence-corrected chi connectivity index (χ4v) is 4.02. The van der Waals surface area contributed by atoms with Crippen molar-refractivity contribution < 1.29 is 0 Å². The summed E-state index contributed by atoms with van der Waals surface area (Å²) in [6, 6.07) is 1.49. The molecule has 0 aliphatic carbocycles. The largest absolute Gasteiger partial charge is 0.301 e. The van der Waals surface area contributed by atoms with Gasteiger partial charge in [0.2, 0.25) is 0 Å². The molecule has 3 heteroatoms. The lowest BCUT2D eigenvalue weighted by molar-refractivity contribution is 0.0739. The maximum atomic E-state index is 2.71. The Labute approximate surface area is 132 Å². The molecule has 0 aromatic heterocycles. The molecule has 0 bridgehead atoms. The van der Waals surface area contributed by atoms with Gasteiger partial charge in [-0.2, -0.15) is 0 Å². The van der Waals surface area contributed by atoms with Gasteiger partial charge in [0.05, 0.1) is 0 Å². The van der Waals surface area contributed by atoms with Crippen LogP contribution in [-0.4, -0.2) is 72.6 Å². The van der Waals surface area contributed by atoms with Crippen LogP contribution in [0.25, 0.3) is 0 Å². The summed E-state index contributed by atoms with van der Waals surface area (Å²) < 4.78 is 0. The number of hydrogen-bond acceptors (Lipinski definition) is 3. The third-order valence-electron chi connectivity index (χ3n) is 5.59. The van der Waals surface area contributed by atoms with Crippen LogP contribution in [0.5, 0.6) is 0 Å². The van der Waals surface area contributed by atoms with Gasteiger partial charge in [0.25, 0.3) is 0 Å². The van der Waals surface area contributed by atoms with E-state index in [0.29, 0.717) is 0 Å². The fourth-order valence-electron chi connectivity index (χ4n) is 4.02. The third kappa shape index (κ3) is 5.22. The van der Waals surface area contributed by atoms with E-state index in [9.17, 15) is 0 Å². The third-order valence-corrected chi connectivity index (χ3v) is 5.59. The molecule has 2 rings (SSSR count). The van der Waals surface area contributed by atoms with E-state index in [-0.39, 0.29) is 0 Å². The molecule has 0 aromatic rings. The number of piperazine rings is 1. The van der Waals surface area contributed by atoms with Gasteiger partial charge in [0.15, 0.2) is 0 Å². The first kappa shape index (κ1) is 17.2. The smallest absolute Gasteiger partial charge is 0.0195 e. The van der Waals surface area contributed by atoms with Crippen molar-refractivity contribution in [1.29, 1.82) is 0 Å². The lowest BCUT2D eigenvalue weighted by atomic mass is 9.92. The Morgan fingerprint density at radius 2 is 1.71 bits per heavy atom. The average Bonchev–Trinajstić information content (AvgIpc) is 2.48. The molecule has 2 aliphatic rings. The number of likely N-dealkylation sites (tertiary alicyclic amines) is 1. The number of hydrogen-bond donors (Lipinski definition) is 0. The zero-order valence-corrected chi connectivity index (χ0v) is 14.9. The van der Waals surface area contributed by atoms with E-state index in [1.165, 1.54) is 71.5 Å². The predicted molar refractivity (Wildman–Crippen MR) is 91.8 cm³/mol. The summed E-state index contributed by atoms with van der Waals surface area (Å²) >= 11 is 0. The highest BCUT2D eigenvalue weighted by Gasteiger charge is 2.25. The SMILES string of the molecule is CCCN1CCN(CCC2CCN(C(C)C)CC2)CC1C. The van der Waals surface area contributed by atoms with E-state index in [2.05, 4.69) is 42.4 Å². The normalized spacial score (nSPS) is 27.6. The van der Waals surface area contributed by atoms with Crippen LogP contribution in [0.15, 0.2) is 0 Å². The van der Waals surface area contributed by atoms with E-state index in [1.807, 2.05) is 0 Å². The summed E-state index contributed by atoms with van der Waals surface area (Å²) in [7, 11) is 0. The zero-order chi connectivity index (χ0) is 15.2. The van der Waals surface area contributed by atoms with Crippen LogP contribution in [0.4, 0.5) is 0 Å². The maximum absolute atomic E-state index is 2.71. The number of rotatable bonds is 6. The van der Waals surface area contributed by atoms with Crippen LogP contribution in [0.3, 0.4) is 0 Å². The molecule has 124 valence electrons. The first-order chi connectivity index (χ1) is 10.1. The minimum Gasteiger partial charge on any atom is -0.301 e. The average molecular weight is 296 g/mol. The molecule has 3 nitrogen and oxygen atoms in total. The molecule has 2 saturated heterocycles. The zero-order valence-electron chi connectivity index (χ0n) is 14.9. The van der Waals surface area contributed by atoms with Crippen molar-refractivity contribution in [2.75, 3.05) is 45.8 Å².